The molecule has 2 aromatic carbocycles. The van der Waals surface area contributed by atoms with Gasteiger partial charge in [0.2, 0.25) is 5.91 Å². The number of fused-ring (bicyclic) bond motifs is 5. The van der Waals surface area contributed by atoms with Gasteiger partial charge in [-0.2, -0.15) is 0 Å². The van der Waals surface area contributed by atoms with Gasteiger partial charge < -0.3 is 26.3 Å². The number of benzene rings is 2. The highest BCUT2D eigenvalue weighted by Gasteiger charge is 2.63. The molecule has 0 heterocycles. The molecule has 2 aromatic rings. The second kappa shape index (κ2) is 14.9. The van der Waals surface area contributed by atoms with Crippen molar-refractivity contribution < 1.29 is 14.3 Å². The van der Waals surface area contributed by atoms with Gasteiger partial charge in [0.25, 0.3) is 0 Å². The second-order valence-electron chi connectivity index (χ2n) is 16.7. The number of hydrogen-bond donors (Lipinski definition) is 3. The third-order valence-electron chi connectivity index (χ3n) is 13.9. The Kier molecular flexibility index (Phi) is 10.9. The number of unbranched alkanes of at least 4 members (excludes halogenated alkanes) is 3. The molecule has 0 saturated heterocycles. The van der Waals surface area contributed by atoms with Crippen LogP contribution in [0.5, 0.6) is 11.5 Å². The van der Waals surface area contributed by atoms with Gasteiger partial charge in [0, 0.05) is 42.4 Å². The van der Waals surface area contributed by atoms with Gasteiger partial charge in [0.15, 0.2) is 0 Å². The van der Waals surface area contributed by atoms with Crippen LogP contribution in [-0.2, 0) is 4.79 Å². The average Bonchev–Trinajstić information content (AvgIpc) is 3.41. The van der Waals surface area contributed by atoms with E-state index in [0.29, 0.717) is 47.3 Å². The van der Waals surface area contributed by atoms with E-state index < -0.39 is 0 Å². The number of anilines is 2. The van der Waals surface area contributed by atoms with Crippen LogP contribution in [0.4, 0.5) is 11.4 Å². The number of nitrogen functional groups attached to an aromatic ring is 2. The predicted octanol–water partition coefficient (Wildman–Crippen LogP) is 9.43. The first kappa shape index (κ1) is 35.0. The molecule has 0 radical (unpaired) electrons. The van der Waals surface area contributed by atoms with Crippen LogP contribution in [0.15, 0.2) is 48.5 Å². The topological polar surface area (TPSA) is 99.6 Å². The van der Waals surface area contributed by atoms with E-state index in [1.54, 1.807) is 0 Å². The highest BCUT2D eigenvalue weighted by atomic mass is 16.5. The van der Waals surface area contributed by atoms with Crippen LogP contribution >= 0.6 is 0 Å². The summed E-state index contributed by atoms with van der Waals surface area (Å²) in [6.45, 7) is 10.7. The Balaban J connectivity index is 1.16. The number of hydrogen-bond acceptors (Lipinski definition) is 5. The zero-order chi connectivity index (χ0) is 33.9. The lowest BCUT2D eigenvalue weighted by molar-refractivity contribution is -0.164. The van der Waals surface area contributed by atoms with Gasteiger partial charge in [-0.1, -0.05) is 59.1 Å². The Hall–Kier alpha value is -2.89. The third-order valence-corrected chi connectivity index (χ3v) is 13.9. The zero-order valence-corrected chi connectivity index (χ0v) is 30.2. The highest BCUT2D eigenvalue weighted by molar-refractivity contribution is 5.75. The molecule has 4 saturated carbocycles. The molecule has 0 bridgehead atoms. The molecular weight excluding hydrogens is 594 g/mol. The molecule has 6 nitrogen and oxygen atoms in total. The van der Waals surface area contributed by atoms with Crippen molar-refractivity contribution in [2.45, 2.75) is 130 Å². The molecular formula is C42H63N3O3. The van der Waals surface area contributed by atoms with Crippen LogP contribution in [0.2, 0.25) is 0 Å². The number of nitrogens with two attached hydrogens (primary N) is 2. The smallest absolute Gasteiger partial charge is 0.220 e. The number of ether oxygens (including phenoxy) is 2. The van der Waals surface area contributed by atoms with E-state index in [-0.39, 0.29) is 23.5 Å². The first-order valence-corrected chi connectivity index (χ1v) is 19.4. The van der Waals surface area contributed by atoms with Gasteiger partial charge in [0.1, 0.15) is 17.6 Å². The monoisotopic (exact) mass is 657 g/mol. The molecule has 10 atom stereocenters. The minimum atomic E-state index is 0.130. The van der Waals surface area contributed by atoms with Crippen LogP contribution in [-0.4, -0.2) is 24.7 Å². The Labute approximate surface area is 290 Å². The summed E-state index contributed by atoms with van der Waals surface area (Å²) >= 11 is 0. The van der Waals surface area contributed by atoms with E-state index in [9.17, 15) is 4.79 Å². The van der Waals surface area contributed by atoms with E-state index in [4.69, 9.17) is 20.9 Å². The maximum atomic E-state index is 12.7. The summed E-state index contributed by atoms with van der Waals surface area (Å²) in [5.74, 6) is 5.74. The molecule has 4 aliphatic rings. The molecule has 0 aromatic heterocycles. The fraction of sp³-hybridized carbons (Fsp3) is 0.690. The Bertz CT molecular complexity index is 1380. The Morgan fingerprint density at radius 2 is 1.54 bits per heavy atom. The number of nitrogens with one attached hydrogen (secondary N) is 1. The van der Waals surface area contributed by atoms with Crippen molar-refractivity contribution in [3.8, 4) is 11.5 Å². The van der Waals surface area contributed by atoms with Crippen LogP contribution in [0.3, 0.4) is 0 Å². The standard InChI is InChI=1S/C42H63N3O3/c1-5-6-7-8-23-45-40(46)18-15-28(2)35-16-17-36-34-27-39(48-32-14-10-12-30(44)25-32)38-26-33(47-31-13-9-11-29(43)24-31)19-21-42(38,4)37(34)20-22-41(35,36)3/h9-14,24-25,28,33-39H,5-8,15-23,26-27,43-44H2,1-4H3,(H,45,46)/t28-,33?,34+,35-,36+,37+,38?,39?,41-,42-/m1/s1. The summed E-state index contributed by atoms with van der Waals surface area (Å²) in [6.07, 6.45) is 16.3. The van der Waals surface area contributed by atoms with Crippen LogP contribution in [0.25, 0.3) is 0 Å². The molecule has 1 amide bonds. The lowest BCUT2D eigenvalue weighted by Gasteiger charge is -2.63. The second-order valence-corrected chi connectivity index (χ2v) is 16.7. The lowest BCUT2D eigenvalue weighted by Crippen LogP contribution is -2.59. The van der Waals surface area contributed by atoms with E-state index in [1.807, 2.05) is 42.5 Å². The molecule has 4 aliphatic carbocycles. The molecule has 3 unspecified atom stereocenters. The van der Waals surface area contributed by atoms with Crippen molar-refractivity contribution >= 4 is 17.3 Å². The van der Waals surface area contributed by atoms with E-state index >= 15 is 0 Å². The molecule has 0 spiro atoms. The number of amides is 1. The molecule has 264 valence electrons. The van der Waals surface area contributed by atoms with Gasteiger partial charge in [-0.3, -0.25) is 4.79 Å². The fourth-order valence-electron chi connectivity index (χ4n) is 11.4. The number of rotatable bonds is 13. The molecule has 48 heavy (non-hydrogen) atoms. The maximum absolute atomic E-state index is 12.7. The summed E-state index contributed by atoms with van der Waals surface area (Å²) in [7, 11) is 0. The van der Waals surface area contributed by atoms with Crippen LogP contribution in [0.1, 0.15) is 118 Å². The summed E-state index contributed by atoms with van der Waals surface area (Å²) in [6, 6.07) is 15.9. The number of carbonyl (C=O) groups excluding carboxylic acids is 1. The quantitative estimate of drug-likeness (QED) is 0.147. The normalized spacial score (nSPS) is 34.7. The van der Waals surface area contributed by atoms with Crippen molar-refractivity contribution in [2.75, 3.05) is 18.0 Å². The summed E-state index contributed by atoms with van der Waals surface area (Å²) in [4.78, 5) is 12.7. The van der Waals surface area contributed by atoms with Gasteiger partial charge in [-0.05, 0) is 129 Å². The van der Waals surface area contributed by atoms with E-state index in [1.165, 1.54) is 51.4 Å². The largest absolute Gasteiger partial charge is 0.490 e. The Morgan fingerprint density at radius 3 is 2.25 bits per heavy atom. The van der Waals surface area contributed by atoms with Crippen molar-refractivity contribution in [3.63, 3.8) is 0 Å². The first-order valence-electron chi connectivity index (χ1n) is 19.4. The van der Waals surface area contributed by atoms with Crippen molar-refractivity contribution in [1.29, 1.82) is 0 Å². The molecule has 5 N–H and O–H groups in total. The third kappa shape index (κ3) is 7.33. The van der Waals surface area contributed by atoms with Crippen molar-refractivity contribution in [1.82, 2.24) is 5.32 Å². The Morgan fingerprint density at radius 1 is 0.854 bits per heavy atom. The molecule has 4 fully saturated rings. The van der Waals surface area contributed by atoms with Crippen LogP contribution < -0.4 is 26.3 Å². The summed E-state index contributed by atoms with van der Waals surface area (Å²) < 4.78 is 13.6. The highest BCUT2D eigenvalue weighted by Crippen LogP contribution is 2.68. The lowest BCUT2D eigenvalue weighted by atomic mass is 9.43. The fourth-order valence-corrected chi connectivity index (χ4v) is 11.4. The molecule has 0 aliphatic heterocycles. The summed E-state index contributed by atoms with van der Waals surface area (Å²) in [5.41, 5.74) is 14.4. The maximum Gasteiger partial charge on any atom is 0.220 e. The van der Waals surface area contributed by atoms with E-state index in [2.05, 4.69) is 39.1 Å². The van der Waals surface area contributed by atoms with Gasteiger partial charge >= 0.3 is 0 Å². The van der Waals surface area contributed by atoms with Gasteiger partial charge in [0.05, 0.1) is 6.10 Å². The minimum absolute atomic E-state index is 0.130. The van der Waals surface area contributed by atoms with Crippen molar-refractivity contribution in [2.24, 2.45) is 46.3 Å². The molecule has 6 heteroatoms. The summed E-state index contributed by atoms with van der Waals surface area (Å²) in [5, 5.41) is 3.19. The minimum Gasteiger partial charge on any atom is -0.490 e. The van der Waals surface area contributed by atoms with Crippen molar-refractivity contribution in [3.05, 3.63) is 48.5 Å². The predicted molar refractivity (Wildman–Crippen MR) is 197 cm³/mol. The SMILES string of the molecule is CCCCCCNC(=O)CC[C@@H](C)[C@H]1CC[C@H]2[C@@H]3CC(Oc4cccc(N)c4)C4CC(Oc5cccc(N)c5)CC[C@]4(C)[C@H]3CC[C@]12C. The molecule has 6 rings (SSSR count). The van der Waals surface area contributed by atoms with Gasteiger partial charge in [-0.15, -0.1) is 0 Å². The first-order chi connectivity index (χ1) is 23.1. The van der Waals surface area contributed by atoms with E-state index in [0.717, 1.165) is 61.5 Å². The van der Waals surface area contributed by atoms with Gasteiger partial charge in [-0.25, -0.2) is 0 Å². The number of carbonyl (C=O) groups is 1. The zero-order valence-electron chi connectivity index (χ0n) is 30.2. The van der Waals surface area contributed by atoms with Crippen LogP contribution in [0, 0.1) is 46.3 Å². The average molecular weight is 658 g/mol.